The van der Waals surface area contributed by atoms with Crippen molar-refractivity contribution in [3.8, 4) is 0 Å². The summed E-state index contributed by atoms with van der Waals surface area (Å²) in [6, 6.07) is -0.0539. The first-order valence-corrected chi connectivity index (χ1v) is 12.0. The van der Waals surface area contributed by atoms with Crippen LogP contribution in [0.3, 0.4) is 0 Å². The van der Waals surface area contributed by atoms with E-state index < -0.39 is 41.4 Å². The molecule has 3 fully saturated rings. The van der Waals surface area contributed by atoms with Crippen LogP contribution in [0.1, 0.15) is 38.3 Å². The van der Waals surface area contributed by atoms with E-state index in [1.807, 2.05) is 20.9 Å². The van der Waals surface area contributed by atoms with Gasteiger partial charge in [0.05, 0.1) is 19.2 Å². The molecule has 4 atom stereocenters. The molecule has 1 aromatic heterocycles. The Bertz CT molecular complexity index is 998. The number of H-pyrrole nitrogens is 1. The van der Waals surface area contributed by atoms with Crippen LogP contribution in [0.2, 0.25) is 0 Å². The molecule has 0 bridgehead atoms. The molecule has 1 aromatic rings. The van der Waals surface area contributed by atoms with Crippen LogP contribution in [0, 0.1) is 6.92 Å². The Kier molecular flexibility index (Phi) is 7.30. The summed E-state index contributed by atoms with van der Waals surface area (Å²) in [5, 5.41) is 2.99. The lowest BCUT2D eigenvalue weighted by Crippen LogP contribution is -2.55. The van der Waals surface area contributed by atoms with Crippen molar-refractivity contribution >= 4 is 5.91 Å². The van der Waals surface area contributed by atoms with E-state index in [2.05, 4.69) is 27.1 Å². The van der Waals surface area contributed by atoms with Crippen molar-refractivity contribution < 1.29 is 19.0 Å². The number of nitrogens with zero attached hydrogens (tertiary/aromatic N) is 3. The third-order valence-electron chi connectivity index (χ3n) is 7.10. The third-order valence-corrected chi connectivity index (χ3v) is 7.10. The fourth-order valence-electron chi connectivity index (χ4n) is 5.12. The van der Waals surface area contributed by atoms with Gasteiger partial charge < -0.3 is 24.4 Å². The van der Waals surface area contributed by atoms with Crippen molar-refractivity contribution in [3.05, 3.63) is 32.6 Å². The quantitative estimate of drug-likeness (QED) is 0.558. The zero-order valence-corrected chi connectivity index (χ0v) is 20.7. The average Bonchev–Trinajstić information content (AvgIpc) is 3.10. The van der Waals surface area contributed by atoms with E-state index in [1.165, 1.54) is 10.8 Å². The monoisotopic (exact) mass is 479 g/mol. The normalized spacial score (nSPS) is 29.8. The molecule has 2 N–H and O–H groups in total. The van der Waals surface area contributed by atoms with Gasteiger partial charge in [0.2, 0.25) is 5.91 Å². The summed E-state index contributed by atoms with van der Waals surface area (Å²) in [6.45, 7) is 8.17. The molecule has 3 aliphatic heterocycles. The summed E-state index contributed by atoms with van der Waals surface area (Å²) in [6.07, 6.45) is 2.29. The molecule has 11 nitrogen and oxygen atoms in total. The first-order chi connectivity index (χ1) is 16.0. The highest BCUT2D eigenvalue weighted by Crippen LogP contribution is 2.39. The van der Waals surface area contributed by atoms with E-state index in [0.717, 1.165) is 25.9 Å². The molecule has 4 rings (SSSR count). The molecule has 4 heterocycles. The number of aromatic nitrogens is 2. The van der Waals surface area contributed by atoms with Gasteiger partial charge in [0, 0.05) is 24.3 Å². The second kappa shape index (κ2) is 9.90. The van der Waals surface area contributed by atoms with Gasteiger partial charge in [-0.25, -0.2) is 4.79 Å². The van der Waals surface area contributed by atoms with E-state index in [-0.39, 0.29) is 19.1 Å². The molecule has 3 aliphatic rings. The van der Waals surface area contributed by atoms with Crippen molar-refractivity contribution in [1.29, 1.82) is 0 Å². The molecule has 0 spiro atoms. The van der Waals surface area contributed by atoms with Gasteiger partial charge in [0.25, 0.3) is 5.56 Å². The molecule has 0 aliphatic carbocycles. The minimum absolute atomic E-state index is 0.0608. The van der Waals surface area contributed by atoms with Crippen LogP contribution in [-0.4, -0.2) is 102 Å². The highest BCUT2D eigenvalue weighted by atomic mass is 16.8. The second-order valence-electron chi connectivity index (χ2n) is 10.2. The first-order valence-electron chi connectivity index (χ1n) is 12.0. The Morgan fingerprint density at radius 3 is 2.62 bits per heavy atom. The van der Waals surface area contributed by atoms with Crippen LogP contribution in [-0.2, 0) is 19.0 Å². The van der Waals surface area contributed by atoms with Crippen LogP contribution < -0.4 is 16.6 Å². The standard InChI is InChI=1S/C23H37N5O6/c1-14-11-28(22(31)25-21(14)30)16-13-32-17(20-19(16)33-23(2,3)34-20)10-24-18(29)12-27(5)15-6-8-26(4)9-7-15/h11,15-17,19-20H,6-10,12-13H2,1-5H3,(H,24,29)(H,25,30,31)/t16-,17-,19+,20-/m1/s1. The van der Waals surface area contributed by atoms with Gasteiger partial charge in [-0.1, -0.05) is 0 Å². The number of carbonyl (C=O) groups excluding carboxylic acids is 1. The Morgan fingerprint density at radius 1 is 1.24 bits per heavy atom. The summed E-state index contributed by atoms with van der Waals surface area (Å²) in [4.78, 5) is 43.7. The zero-order valence-electron chi connectivity index (χ0n) is 20.7. The first kappa shape index (κ1) is 25.1. The average molecular weight is 480 g/mol. The predicted molar refractivity (Wildman–Crippen MR) is 125 cm³/mol. The Morgan fingerprint density at radius 2 is 1.91 bits per heavy atom. The van der Waals surface area contributed by atoms with Crippen LogP contribution in [0.25, 0.3) is 0 Å². The molecule has 0 aromatic carbocycles. The lowest BCUT2D eigenvalue weighted by Gasteiger charge is -2.38. The molecule has 1 amide bonds. The number of amides is 1. The minimum Gasteiger partial charge on any atom is -0.371 e. The number of hydrogen-bond acceptors (Lipinski definition) is 8. The summed E-state index contributed by atoms with van der Waals surface area (Å²) >= 11 is 0. The maximum Gasteiger partial charge on any atom is 0.328 e. The van der Waals surface area contributed by atoms with Crippen molar-refractivity contribution in [2.75, 3.05) is 46.9 Å². The fourth-order valence-corrected chi connectivity index (χ4v) is 5.12. The van der Waals surface area contributed by atoms with E-state index in [4.69, 9.17) is 14.2 Å². The summed E-state index contributed by atoms with van der Waals surface area (Å²) in [5.41, 5.74) is -0.498. The second-order valence-corrected chi connectivity index (χ2v) is 10.2. The molecule has 11 heteroatoms. The Balaban J connectivity index is 1.39. The van der Waals surface area contributed by atoms with Gasteiger partial charge in [0.1, 0.15) is 18.3 Å². The third kappa shape index (κ3) is 5.44. The van der Waals surface area contributed by atoms with Gasteiger partial charge in [-0.3, -0.25) is 24.0 Å². The Labute approximate surface area is 199 Å². The predicted octanol–water partition coefficient (Wildman–Crippen LogP) is -0.553. The van der Waals surface area contributed by atoms with E-state index >= 15 is 0 Å². The number of piperidine rings is 1. The van der Waals surface area contributed by atoms with E-state index in [9.17, 15) is 14.4 Å². The maximum absolute atomic E-state index is 12.7. The topological polar surface area (TPSA) is 118 Å². The number of nitrogens with one attached hydrogen (secondary N) is 2. The molecule has 0 saturated carbocycles. The summed E-state index contributed by atoms with van der Waals surface area (Å²) in [5.74, 6) is -0.923. The largest absolute Gasteiger partial charge is 0.371 e. The summed E-state index contributed by atoms with van der Waals surface area (Å²) in [7, 11) is 4.11. The van der Waals surface area contributed by atoms with Crippen molar-refractivity contribution in [2.24, 2.45) is 0 Å². The van der Waals surface area contributed by atoms with Crippen LogP contribution in [0.5, 0.6) is 0 Å². The number of hydrogen-bond donors (Lipinski definition) is 2. The van der Waals surface area contributed by atoms with Crippen molar-refractivity contribution in [1.82, 2.24) is 24.7 Å². The maximum atomic E-state index is 12.7. The number of ether oxygens (including phenoxy) is 3. The number of rotatable bonds is 6. The smallest absolute Gasteiger partial charge is 0.328 e. The molecule has 0 radical (unpaired) electrons. The number of fused-ring (bicyclic) bond motifs is 1. The lowest BCUT2D eigenvalue weighted by molar-refractivity contribution is -0.153. The number of likely N-dealkylation sites (tertiary alicyclic amines) is 1. The van der Waals surface area contributed by atoms with Crippen molar-refractivity contribution in [2.45, 2.75) is 69.8 Å². The summed E-state index contributed by atoms with van der Waals surface area (Å²) < 4.78 is 19.8. The number of carbonyl (C=O) groups is 1. The fraction of sp³-hybridized carbons (Fsp3) is 0.783. The van der Waals surface area contributed by atoms with Gasteiger partial charge in [-0.15, -0.1) is 0 Å². The van der Waals surface area contributed by atoms with E-state index in [1.54, 1.807) is 6.92 Å². The van der Waals surface area contributed by atoms with Crippen LogP contribution in [0.15, 0.2) is 15.8 Å². The highest BCUT2D eigenvalue weighted by Gasteiger charge is 2.52. The number of likely N-dealkylation sites (N-methyl/N-ethyl adjacent to an activating group) is 1. The molecule has 3 saturated heterocycles. The van der Waals surface area contributed by atoms with Gasteiger partial charge in [-0.2, -0.15) is 0 Å². The van der Waals surface area contributed by atoms with Crippen molar-refractivity contribution in [3.63, 3.8) is 0 Å². The lowest BCUT2D eigenvalue weighted by atomic mass is 9.97. The van der Waals surface area contributed by atoms with Crippen LogP contribution in [0.4, 0.5) is 0 Å². The highest BCUT2D eigenvalue weighted by molar-refractivity contribution is 5.78. The number of aromatic amines is 1. The van der Waals surface area contributed by atoms with Gasteiger partial charge >= 0.3 is 5.69 Å². The molecule has 190 valence electrons. The molecule has 34 heavy (non-hydrogen) atoms. The van der Waals surface area contributed by atoms with Gasteiger partial charge in [0.15, 0.2) is 5.79 Å². The minimum atomic E-state index is -0.862. The zero-order chi connectivity index (χ0) is 24.6. The van der Waals surface area contributed by atoms with Gasteiger partial charge in [-0.05, 0) is 60.8 Å². The van der Waals surface area contributed by atoms with E-state index in [0.29, 0.717) is 18.2 Å². The number of aryl methyl sites for hydroxylation is 1. The molecule has 0 unspecified atom stereocenters. The van der Waals surface area contributed by atoms with Crippen LogP contribution >= 0.6 is 0 Å². The SMILES string of the molecule is Cc1cn([C@@H]2CO[C@H](CNC(=O)CN(C)C3CCN(C)CC3)[C@H]3OC(C)(C)O[C@H]32)c(=O)[nH]c1=O. The Hall–Kier alpha value is -2.05. The molecular formula is C23H37N5O6. The molecular weight excluding hydrogens is 442 g/mol.